The fourth-order valence-corrected chi connectivity index (χ4v) is 2.74. The lowest BCUT2D eigenvalue weighted by molar-refractivity contribution is 0.165. The van der Waals surface area contributed by atoms with Gasteiger partial charge < -0.3 is 5.73 Å². The minimum atomic E-state index is 0.175. The van der Waals surface area contributed by atoms with E-state index in [1.165, 1.54) is 37.0 Å². The number of hydrogen-bond acceptors (Lipinski definition) is 1. The van der Waals surface area contributed by atoms with Gasteiger partial charge in [-0.1, -0.05) is 47.1 Å². The molecule has 2 N–H and O–H groups in total. The van der Waals surface area contributed by atoms with Crippen LogP contribution in [0.2, 0.25) is 0 Å². The van der Waals surface area contributed by atoms with E-state index in [-0.39, 0.29) is 5.41 Å². The smallest absolute Gasteiger partial charge is 0.0135 e. The van der Waals surface area contributed by atoms with Gasteiger partial charge >= 0.3 is 0 Å². The van der Waals surface area contributed by atoms with Gasteiger partial charge in [-0.05, 0) is 37.0 Å². The molecule has 1 aliphatic rings. The molecule has 0 aliphatic heterocycles. The average molecular weight is 223 g/mol. The SMILES string of the molecule is CC(C)C(C)(CC(C)(C)C)C(N)=C1CCC1. The molecule has 16 heavy (non-hydrogen) atoms. The zero-order valence-electron chi connectivity index (χ0n) is 12.0. The Morgan fingerprint density at radius 3 is 1.94 bits per heavy atom. The van der Waals surface area contributed by atoms with Crippen molar-refractivity contribution >= 4 is 0 Å². The van der Waals surface area contributed by atoms with Crippen LogP contribution in [-0.2, 0) is 0 Å². The first-order valence-corrected chi connectivity index (χ1v) is 6.65. The van der Waals surface area contributed by atoms with Crippen LogP contribution in [0.4, 0.5) is 0 Å². The lowest BCUT2D eigenvalue weighted by Crippen LogP contribution is -2.36. The number of rotatable bonds is 3. The lowest BCUT2D eigenvalue weighted by atomic mass is 9.65. The molecule has 0 saturated heterocycles. The molecule has 1 rings (SSSR count). The highest BCUT2D eigenvalue weighted by molar-refractivity contribution is 5.24. The average Bonchev–Trinajstić information content (AvgIpc) is 1.96. The molecule has 1 atom stereocenters. The van der Waals surface area contributed by atoms with Gasteiger partial charge in [-0.2, -0.15) is 0 Å². The van der Waals surface area contributed by atoms with Crippen LogP contribution in [0.1, 0.15) is 67.2 Å². The van der Waals surface area contributed by atoms with Gasteiger partial charge in [0.25, 0.3) is 0 Å². The normalized spacial score (nSPS) is 20.6. The number of allylic oxidation sites excluding steroid dienone is 2. The Balaban J connectivity index is 2.97. The molecule has 0 aromatic rings. The van der Waals surface area contributed by atoms with Crippen LogP contribution >= 0.6 is 0 Å². The molecule has 1 unspecified atom stereocenters. The van der Waals surface area contributed by atoms with E-state index in [1.54, 1.807) is 0 Å². The first-order valence-electron chi connectivity index (χ1n) is 6.65. The monoisotopic (exact) mass is 223 g/mol. The van der Waals surface area contributed by atoms with E-state index in [0.29, 0.717) is 11.3 Å². The van der Waals surface area contributed by atoms with Crippen LogP contribution in [-0.4, -0.2) is 0 Å². The zero-order chi connectivity index (χ0) is 12.6. The van der Waals surface area contributed by atoms with Crippen molar-refractivity contribution in [2.45, 2.75) is 67.2 Å². The predicted molar refractivity (Wildman–Crippen MR) is 72.1 cm³/mol. The summed E-state index contributed by atoms with van der Waals surface area (Å²) in [6, 6.07) is 0. The Labute approximate surface area is 101 Å². The first-order chi connectivity index (χ1) is 7.17. The summed E-state index contributed by atoms with van der Waals surface area (Å²) in [6.07, 6.45) is 4.98. The van der Waals surface area contributed by atoms with Gasteiger partial charge in [0, 0.05) is 11.1 Å². The molecular weight excluding hydrogens is 194 g/mol. The second kappa shape index (κ2) is 4.43. The van der Waals surface area contributed by atoms with Crippen molar-refractivity contribution < 1.29 is 0 Å². The van der Waals surface area contributed by atoms with Gasteiger partial charge in [0.15, 0.2) is 0 Å². The van der Waals surface area contributed by atoms with Gasteiger partial charge in [-0.25, -0.2) is 0 Å². The maximum Gasteiger partial charge on any atom is 0.0135 e. The summed E-state index contributed by atoms with van der Waals surface area (Å²) in [7, 11) is 0. The van der Waals surface area contributed by atoms with Gasteiger partial charge in [0.1, 0.15) is 0 Å². The summed E-state index contributed by atoms with van der Waals surface area (Å²) >= 11 is 0. The second-order valence-electron chi connectivity index (χ2n) is 7.18. The lowest BCUT2D eigenvalue weighted by Gasteiger charge is -2.42. The van der Waals surface area contributed by atoms with Crippen LogP contribution in [0.25, 0.3) is 0 Å². The third kappa shape index (κ3) is 2.81. The highest BCUT2D eigenvalue weighted by atomic mass is 14.7. The van der Waals surface area contributed by atoms with E-state index in [9.17, 15) is 0 Å². The zero-order valence-corrected chi connectivity index (χ0v) is 12.0. The van der Waals surface area contributed by atoms with E-state index in [0.717, 1.165) is 0 Å². The number of nitrogens with two attached hydrogens (primary N) is 1. The summed E-state index contributed by atoms with van der Waals surface area (Å²) in [5, 5.41) is 0. The fourth-order valence-electron chi connectivity index (χ4n) is 2.74. The molecule has 1 fully saturated rings. The van der Waals surface area contributed by atoms with Crippen molar-refractivity contribution in [3.63, 3.8) is 0 Å². The highest BCUT2D eigenvalue weighted by Gasteiger charge is 2.37. The minimum Gasteiger partial charge on any atom is -0.402 e. The molecule has 0 aromatic heterocycles. The van der Waals surface area contributed by atoms with Crippen molar-refractivity contribution in [2.24, 2.45) is 22.5 Å². The molecule has 0 heterocycles. The van der Waals surface area contributed by atoms with Crippen LogP contribution in [0.3, 0.4) is 0 Å². The molecule has 0 amide bonds. The van der Waals surface area contributed by atoms with Crippen LogP contribution in [0.15, 0.2) is 11.3 Å². The first kappa shape index (κ1) is 13.6. The van der Waals surface area contributed by atoms with Crippen molar-refractivity contribution in [3.8, 4) is 0 Å². The molecule has 0 spiro atoms. The Kier molecular flexibility index (Phi) is 3.76. The maximum atomic E-state index is 6.45. The van der Waals surface area contributed by atoms with Crippen LogP contribution < -0.4 is 5.73 Å². The van der Waals surface area contributed by atoms with Crippen molar-refractivity contribution in [2.75, 3.05) is 0 Å². The summed E-state index contributed by atoms with van der Waals surface area (Å²) < 4.78 is 0. The van der Waals surface area contributed by atoms with Gasteiger partial charge in [0.2, 0.25) is 0 Å². The standard InChI is InChI=1S/C15H29N/c1-11(2)15(6,10-14(3,4)5)13(16)12-8-7-9-12/h11H,7-10,16H2,1-6H3. The predicted octanol–water partition coefficient (Wildman–Crippen LogP) is 4.48. The van der Waals surface area contributed by atoms with Gasteiger partial charge in [0.05, 0.1) is 0 Å². The van der Waals surface area contributed by atoms with E-state index in [4.69, 9.17) is 5.73 Å². The summed E-state index contributed by atoms with van der Waals surface area (Å²) in [6.45, 7) is 13.9. The molecule has 1 heteroatoms. The Hall–Kier alpha value is -0.460. The summed E-state index contributed by atoms with van der Waals surface area (Å²) in [4.78, 5) is 0. The fraction of sp³-hybridized carbons (Fsp3) is 0.867. The van der Waals surface area contributed by atoms with E-state index >= 15 is 0 Å². The topological polar surface area (TPSA) is 26.0 Å². The third-order valence-electron chi connectivity index (χ3n) is 4.13. The Bertz CT molecular complexity index is 274. The Morgan fingerprint density at radius 2 is 1.69 bits per heavy atom. The second-order valence-corrected chi connectivity index (χ2v) is 7.18. The van der Waals surface area contributed by atoms with E-state index in [1.807, 2.05) is 0 Å². The molecule has 0 radical (unpaired) electrons. The van der Waals surface area contributed by atoms with E-state index in [2.05, 4.69) is 41.5 Å². The minimum absolute atomic E-state index is 0.175. The van der Waals surface area contributed by atoms with Crippen LogP contribution in [0.5, 0.6) is 0 Å². The van der Waals surface area contributed by atoms with E-state index < -0.39 is 0 Å². The van der Waals surface area contributed by atoms with Crippen molar-refractivity contribution in [3.05, 3.63) is 11.3 Å². The van der Waals surface area contributed by atoms with Crippen molar-refractivity contribution in [1.82, 2.24) is 0 Å². The molecule has 1 aliphatic carbocycles. The maximum absolute atomic E-state index is 6.45. The summed E-state index contributed by atoms with van der Waals surface area (Å²) in [5.74, 6) is 0.611. The number of hydrogen-bond donors (Lipinski definition) is 1. The molecular formula is C15H29N. The van der Waals surface area contributed by atoms with Crippen LogP contribution in [0, 0.1) is 16.7 Å². The molecule has 1 saturated carbocycles. The molecule has 0 bridgehead atoms. The molecule has 1 nitrogen and oxygen atoms in total. The molecule has 94 valence electrons. The van der Waals surface area contributed by atoms with Crippen molar-refractivity contribution in [1.29, 1.82) is 0 Å². The summed E-state index contributed by atoms with van der Waals surface area (Å²) in [5.41, 5.74) is 9.69. The third-order valence-corrected chi connectivity index (χ3v) is 4.13. The quantitative estimate of drug-likeness (QED) is 0.750. The largest absolute Gasteiger partial charge is 0.402 e. The Morgan fingerprint density at radius 1 is 1.19 bits per heavy atom. The highest BCUT2D eigenvalue weighted by Crippen LogP contribution is 2.46. The van der Waals surface area contributed by atoms with Gasteiger partial charge in [-0.15, -0.1) is 0 Å². The van der Waals surface area contributed by atoms with Gasteiger partial charge in [-0.3, -0.25) is 0 Å². The molecule has 0 aromatic carbocycles.